The molecule has 0 spiro atoms. The van der Waals surface area contributed by atoms with E-state index >= 15 is 0 Å². The van der Waals surface area contributed by atoms with Gasteiger partial charge in [-0.1, -0.05) is 26.0 Å². The highest BCUT2D eigenvalue weighted by atomic mass is 16.5. The van der Waals surface area contributed by atoms with Crippen LogP contribution in [0.1, 0.15) is 73.4 Å². The van der Waals surface area contributed by atoms with E-state index in [0.717, 1.165) is 24.8 Å². The van der Waals surface area contributed by atoms with Crippen LogP contribution in [0.15, 0.2) is 42.5 Å². The molecule has 3 aliphatic heterocycles. The van der Waals surface area contributed by atoms with E-state index in [0.29, 0.717) is 49.1 Å². The Kier molecular flexibility index (Phi) is 7.86. The predicted octanol–water partition coefficient (Wildman–Crippen LogP) is 3.41. The van der Waals surface area contributed by atoms with Gasteiger partial charge in [-0.05, 0) is 73.1 Å². The standard InChI is InChI=1S/C30H35N3O6/c1-19(2)20-6-8-23(9-7-20)39-18-28(35)32-14-4-3-5-22(32)17-38-24-10-11-25-21(15-24)16-33(30(25)37)26-12-13-27(34)31-29(26)36/h6-11,15,19,22,26H,3-5,12-14,16-18H2,1-2H3,(H,31,34,36)/t22-,26?/m1/s1. The lowest BCUT2D eigenvalue weighted by Crippen LogP contribution is -2.52. The zero-order chi connectivity index (χ0) is 27.5. The lowest BCUT2D eigenvalue weighted by molar-refractivity contribution is -0.138. The van der Waals surface area contributed by atoms with E-state index in [1.165, 1.54) is 10.5 Å². The molecule has 0 aromatic heterocycles. The van der Waals surface area contributed by atoms with Crippen LogP contribution in [0.25, 0.3) is 0 Å². The maximum Gasteiger partial charge on any atom is 0.260 e. The van der Waals surface area contributed by atoms with Crippen LogP contribution in [-0.2, 0) is 20.9 Å². The number of likely N-dealkylation sites (tertiary alicyclic amines) is 1. The molecule has 0 bridgehead atoms. The van der Waals surface area contributed by atoms with Crippen molar-refractivity contribution in [2.24, 2.45) is 0 Å². The summed E-state index contributed by atoms with van der Waals surface area (Å²) in [6.45, 7) is 5.56. The van der Waals surface area contributed by atoms with Crippen molar-refractivity contribution in [1.29, 1.82) is 0 Å². The molecule has 2 aromatic rings. The summed E-state index contributed by atoms with van der Waals surface area (Å²) in [4.78, 5) is 53.1. The minimum Gasteiger partial charge on any atom is -0.491 e. The van der Waals surface area contributed by atoms with Crippen LogP contribution < -0.4 is 14.8 Å². The van der Waals surface area contributed by atoms with Gasteiger partial charge < -0.3 is 19.3 Å². The number of amides is 4. The van der Waals surface area contributed by atoms with Gasteiger partial charge in [0.25, 0.3) is 11.8 Å². The quantitative estimate of drug-likeness (QED) is 0.522. The fourth-order valence-electron chi connectivity index (χ4n) is 5.51. The van der Waals surface area contributed by atoms with Crippen LogP contribution in [0.3, 0.4) is 0 Å². The van der Waals surface area contributed by atoms with Crippen LogP contribution in [0.5, 0.6) is 11.5 Å². The molecule has 2 atom stereocenters. The summed E-state index contributed by atoms with van der Waals surface area (Å²) in [7, 11) is 0. The van der Waals surface area contributed by atoms with E-state index in [2.05, 4.69) is 19.2 Å². The number of piperidine rings is 2. The molecule has 4 amide bonds. The normalized spacial score (nSPS) is 21.2. The number of nitrogens with one attached hydrogen (secondary N) is 1. The second kappa shape index (κ2) is 11.5. The molecule has 0 aliphatic carbocycles. The van der Waals surface area contributed by atoms with Crippen LogP contribution in [-0.4, -0.2) is 65.3 Å². The first-order chi connectivity index (χ1) is 18.8. The number of imide groups is 1. The first kappa shape index (κ1) is 26.7. The Morgan fingerprint density at radius 3 is 2.51 bits per heavy atom. The van der Waals surface area contributed by atoms with Gasteiger partial charge in [0.15, 0.2) is 6.61 Å². The fraction of sp³-hybridized carbons (Fsp3) is 0.467. The minimum absolute atomic E-state index is 0.0192. The van der Waals surface area contributed by atoms with Gasteiger partial charge in [-0.15, -0.1) is 0 Å². The molecule has 9 heteroatoms. The first-order valence-electron chi connectivity index (χ1n) is 13.7. The van der Waals surface area contributed by atoms with Gasteiger partial charge in [0, 0.05) is 25.1 Å². The maximum absolute atomic E-state index is 13.0. The largest absolute Gasteiger partial charge is 0.491 e. The van der Waals surface area contributed by atoms with E-state index in [4.69, 9.17) is 9.47 Å². The van der Waals surface area contributed by atoms with Crippen molar-refractivity contribution >= 4 is 23.6 Å². The number of hydrogen-bond acceptors (Lipinski definition) is 6. The Bertz CT molecular complexity index is 1260. The summed E-state index contributed by atoms with van der Waals surface area (Å²) in [5.74, 6) is 0.721. The summed E-state index contributed by atoms with van der Waals surface area (Å²) >= 11 is 0. The molecular formula is C30H35N3O6. The number of benzene rings is 2. The highest BCUT2D eigenvalue weighted by Gasteiger charge is 2.39. The molecule has 3 aliphatic rings. The van der Waals surface area contributed by atoms with Crippen molar-refractivity contribution < 1.29 is 28.7 Å². The van der Waals surface area contributed by atoms with Gasteiger partial charge >= 0.3 is 0 Å². The van der Waals surface area contributed by atoms with E-state index in [-0.39, 0.29) is 36.8 Å². The molecule has 2 saturated heterocycles. The molecule has 9 nitrogen and oxygen atoms in total. The molecule has 0 radical (unpaired) electrons. The van der Waals surface area contributed by atoms with Gasteiger partial charge in [0.05, 0.1) is 6.04 Å². The van der Waals surface area contributed by atoms with E-state index in [1.807, 2.05) is 35.2 Å². The van der Waals surface area contributed by atoms with Crippen molar-refractivity contribution in [3.05, 3.63) is 59.2 Å². The summed E-state index contributed by atoms with van der Waals surface area (Å²) in [5.41, 5.74) is 2.55. The second-order valence-corrected chi connectivity index (χ2v) is 10.8. The van der Waals surface area contributed by atoms with Gasteiger partial charge in [0.2, 0.25) is 11.8 Å². The van der Waals surface area contributed by atoms with Crippen molar-refractivity contribution in [1.82, 2.24) is 15.1 Å². The fourth-order valence-corrected chi connectivity index (χ4v) is 5.51. The number of hydrogen-bond donors (Lipinski definition) is 1. The van der Waals surface area contributed by atoms with Crippen LogP contribution in [0.2, 0.25) is 0 Å². The molecule has 206 valence electrons. The van der Waals surface area contributed by atoms with E-state index in [9.17, 15) is 19.2 Å². The lowest BCUT2D eigenvalue weighted by Gasteiger charge is -2.35. The lowest BCUT2D eigenvalue weighted by atomic mass is 10.0. The van der Waals surface area contributed by atoms with Crippen molar-refractivity contribution in [3.63, 3.8) is 0 Å². The highest BCUT2D eigenvalue weighted by Crippen LogP contribution is 2.30. The number of fused-ring (bicyclic) bond motifs is 1. The molecule has 0 saturated carbocycles. The molecule has 2 aromatic carbocycles. The smallest absolute Gasteiger partial charge is 0.260 e. The number of carbonyl (C=O) groups is 4. The SMILES string of the molecule is CC(C)c1ccc(OCC(=O)N2CCCC[C@@H]2COc2ccc3c(c2)CN(C2CCC(=O)NC2=O)C3=O)cc1. The molecule has 39 heavy (non-hydrogen) atoms. The predicted molar refractivity (Wildman–Crippen MR) is 143 cm³/mol. The topological polar surface area (TPSA) is 105 Å². The average molecular weight is 534 g/mol. The summed E-state index contributed by atoms with van der Waals surface area (Å²) in [6, 6.07) is 12.4. The van der Waals surface area contributed by atoms with Crippen LogP contribution in [0, 0.1) is 0 Å². The number of rotatable bonds is 8. The van der Waals surface area contributed by atoms with Crippen LogP contribution >= 0.6 is 0 Å². The summed E-state index contributed by atoms with van der Waals surface area (Å²) in [6.07, 6.45) is 3.36. The molecule has 3 heterocycles. The number of carbonyl (C=O) groups excluding carboxylic acids is 4. The highest BCUT2D eigenvalue weighted by molar-refractivity contribution is 6.05. The Balaban J connectivity index is 1.17. The van der Waals surface area contributed by atoms with Gasteiger partial charge in [-0.3, -0.25) is 24.5 Å². The monoisotopic (exact) mass is 533 g/mol. The number of nitrogens with zero attached hydrogens (tertiary/aromatic N) is 2. The van der Waals surface area contributed by atoms with E-state index < -0.39 is 11.9 Å². The van der Waals surface area contributed by atoms with Crippen molar-refractivity contribution in [3.8, 4) is 11.5 Å². The molecule has 1 unspecified atom stereocenters. The summed E-state index contributed by atoms with van der Waals surface area (Å²) < 4.78 is 11.9. The molecule has 5 rings (SSSR count). The van der Waals surface area contributed by atoms with E-state index in [1.54, 1.807) is 12.1 Å². The molecular weight excluding hydrogens is 498 g/mol. The van der Waals surface area contributed by atoms with Crippen LogP contribution in [0.4, 0.5) is 0 Å². The number of ether oxygens (including phenoxy) is 2. The average Bonchev–Trinajstić information content (AvgIpc) is 3.26. The third kappa shape index (κ3) is 5.92. The van der Waals surface area contributed by atoms with Gasteiger partial charge in [0.1, 0.15) is 24.1 Å². The zero-order valence-corrected chi connectivity index (χ0v) is 22.5. The summed E-state index contributed by atoms with van der Waals surface area (Å²) in [5, 5.41) is 2.32. The van der Waals surface area contributed by atoms with Gasteiger partial charge in [-0.25, -0.2) is 0 Å². The van der Waals surface area contributed by atoms with Gasteiger partial charge in [-0.2, -0.15) is 0 Å². The maximum atomic E-state index is 13.0. The Hall–Kier alpha value is -3.88. The second-order valence-electron chi connectivity index (χ2n) is 10.8. The third-order valence-electron chi connectivity index (χ3n) is 7.79. The third-order valence-corrected chi connectivity index (χ3v) is 7.79. The Morgan fingerprint density at radius 2 is 1.77 bits per heavy atom. The first-order valence-corrected chi connectivity index (χ1v) is 13.7. The van der Waals surface area contributed by atoms with Crippen molar-refractivity contribution in [2.45, 2.75) is 70.5 Å². The zero-order valence-electron chi connectivity index (χ0n) is 22.5. The molecule has 1 N–H and O–H groups in total. The van der Waals surface area contributed by atoms with Crippen molar-refractivity contribution in [2.75, 3.05) is 19.8 Å². The minimum atomic E-state index is -0.649. The molecule has 2 fully saturated rings. The Morgan fingerprint density at radius 1 is 1.00 bits per heavy atom. The Labute approximate surface area is 228 Å².